The number of rotatable bonds is 11. The largest absolute Gasteiger partial charge is 0.403 e. The smallest absolute Gasteiger partial charge is 0.354 e. The Morgan fingerprint density at radius 3 is 2.25 bits per heavy atom. The molecule has 396 valence electrons. The highest BCUT2D eigenvalue weighted by atomic mass is 35.5. The second kappa shape index (κ2) is 20.9. The number of hydrogen-bond donors (Lipinski definition) is 4. The third-order valence-corrected chi connectivity index (χ3v) is 15.9. The first kappa shape index (κ1) is 54.5. The summed E-state index contributed by atoms with van der Waals surface area (Å²) < 4.78 is 61.0. The zero-order valence-corrected chi connectivity index (χ0v) is 43.3. The number of alkyl halides is 4. The molecular formula is C51H70ClF4N9O7. The van der Waals surface area contributed by atoms with Crippen LogP contribution in [0.25, 0.3) is 11.3 Å². The Bertz CT molecular complexity index is 2430. The van der Waals surface area contributed by atoms with E-state index in [2.05, 4.69) is 26.4 Å². The van der Waals surface area contributed by atoms with Crippen LogP contribution in [0.3, 0.4) is 0 Å². The number of carbonyl (C=O) groups excluding carboxylic acids is 7. The summed E-state index contributed by atoms with van der Waals surface area (Å²) >= 11 is 6.55. The number of nitrogens with one attached hydrogen (secondary N) is 4. The maximum Gasteiger partial charge on any atom is 0.403 e. The van der Waals surface area contributed by atoms with Crippen molar-refractivity contribution in [3.05, 3.63) is 40.5 Å². The topological polar surface area (TPSA) is 195 Å². The molecule has 21 heteroatoms. The lowest BCUT2D eigenvalue weighted by atomic mass is 9.44. The average Bonchev–Trinajstić information content (AvgIpc) is 3.95. The monoisotopic (exact) mass is 1030 g/mol. The number of carbonyl (C=O) groups is 7. The zero-order valence-electron chi connectivity index (χ0n) is 42.5. The minimum atomic E-state index is -4.91. The fourth-order valence-corrected chi connectivity index (χ4v) is 11.5. The lowest BCUT2D eigenvalue weighted by molar-refractivity contribution is -0.285. The molecule has 0 radical (unpaired) electrons. The number of amides is 7. The predicted molar refractivity (Wildman–Crippen MR) is 259 cm³/mol. The minimum absolute atomic E-state index is 0.0525. The van der Waals surface area contributed by atoms with Gasteiger partial charge in [0.05, 0.1) is 17.9 Å². The molecule has 4 N–H and O–H groups in total. The molecule has 6 atom stereocenters. The van der Waals surface area contributed by atoms with Gasteiger partial charge in [-0.05, 0) is 126 Å². The van der Waals surface area contributed by atoms with Gasteiger partial charge in [0.15, 0.2) is 0 Å². The molecule has 7 amide bonds. The summed E-state index contributed by atoms with van der Waals surface area (Å²) in [6.45, 7) is 8.11. The van der Waals surface area contributed by atoms with E-state index in [1.54, 1.807) is 43.8 Å². The maximum absolute atomic E-state index is 15.2. The fourth-order valence-electron chi connectivity index (χ4n) is 11.3. The van der Waals surface area contributed by atoms with Gasteiger partial charge in [0.1, 0.15) is 47.3 Å². The van der Waals surface area contributed by atoms with Crippen LogP contribution in [-0.4, -0.2) is 141 Å². The Morgan fingerprint density at radius 1 is 0.986 bits per heavy atom. The molecule has 1 spiro atoms. The normalized spacial score (nSPS) is 26.3. The van der Waals surface area contributed by atoms with Gasteiger partial charge in [-0.15, -0.1) is 0 Å². The number of hydrogen-bond acceptors (Lipinski definition) is 8. The molecule has 2 aromatic rings. The number of halogens is 5. The van der Waals surface area contributed by atoms with Crippen LogP contribution < -0.4 is 21.3 Å². The van der Waals surface area contributed by atoms with E-state index in [0.29, 0.717) is 59.6 Å². The van der Waals surface area contributed by atoms with Crippen LogP contribution in [0, 0.1) is 29.6 Å². The van der Waals surface area contributed by atoms with E-state index in [-0.39, 0.29) is 31.7 Å². The second-order valence-electron chi connectivity index (χ2n) is 22.2. The molecule has 16 nitrogen and oxygen atoms in total. The number of likely N-dealkylation sites (tertiary alicyclic amines) is 1. The molecule has 3 aliphatic carbocycles. The highest BCUT2D eigenvalue weighted by Crippen LogP contribution is 2.69. The number of aryl methyl sites for hydroxylation is 2. The Hall–Kier alpha value is -5.27. The molecule has 1 aromatic heterocycles. The van der Waals surface area contributed by atoms with E-state index in [1.807, 2.05) is 26.8 Å². The van der Waals surface area contributed by atoms with Crippen LogP contribution in [0.4, 0.5) is 17.6 Å². The quantitative estimate of drug-likeness (QED) is 0.217. The first-order valence-corrected chi connectivity index (χ1v) is 25.6. The van der Waals surface area contributed by atoms with E-state index in [4.69, 9.17) is 11.6 Å². The third kappa shape index (κ3) is 11.3. The molecule has 1 aromatic carbocycles. The maximum atomic E-state index is 15.2. The van der Waals surface area contributed by atoms with Gasteiger partial charge in [-0.1, -0.05) is 37.9 Å². The van der Waals surface area contributed by atoms with Crippen LogP contribution in [0.2, 0.25) is 5.02 Å². The Labute approximate surface area is 423 Å². The Morgan fingerprint density at radius 2 is 1.67 bits per heavy atom. The van der Waals surface area contributed by atoms with E-state index >= 15 is 4.39 Å². The summed E-state index contributed by atoms with van der Waals surface area (Å²) in [5.74, 6) is -6.01. The van der Waals surface area contributed by atoms with Crippen LogP contribution in [-0.2, 0) is 47.0 Å². The van der Waals surface area contributed by atoms with Crippen LogP contribution in [0.1, 0.15) is 116 Å². The summed E-state index contributed by atoms with van der Waals surface area (Å²) in [5, 5.41) is 16.1. The van der Waals surface area contributed by atoms with Gasteiger partial charge in [-0.2, -0.15) is 18.3 Å². The van der Waals surface area contributed by atoms with Gasteiger partial charge in [-0.3, -0.25) is 38.2 Å². The van der Waals surface area contributed by atoms with E-state index in [9.17, 15) is 46.7 Å². The Kier molecular flexibility index (Phi) is 15.8. The Balaban J connectivity index is 1.15. The minimum Gasteiger partial charge on any atom is -0.354 e. The summed E-state index contributed by atoms with van der Waals surface area (Å²) in [5.41, 5.74) is -1.95. The molecule has 3 saturated carbocycles. The lowest BCUT2D eigenvalue weighted by Gasteiger charge is -2.60. The predicted octanol–water partition coefficient (Wildman–Crippen LogP) is 5.32. The van der Waals surface area contributed by atoms with Crippen molar-refractivity contribution in [2.45, 2.75) is 166 Å². The molecule has 72 heavy (non-hydrogen) atoms. The van der Waals surface area contributed by atoms with E-state index in [0.717, 1.165) is 17.8 Å². The number of aromatic nitrogens is 2. The molecule has 2 aliphatic heterocycles. The van der Waals surface area contributed by atoms with Gasteiger partial charge in [0.25, 0.3) is 0 Å². The summed E-state index contributed by atoms with van der Waals surface area (Å²) in [6, 6.07) is 0.540. The van der Waals surface area contributed by atoms with Crippen LogP contribution >= 0.6 is 11.6 Å². The summed E-state index contributed by atoms with van der Waals surface area (Å²) in [7, 11) is 4.61. The third-order valence-electron chi connectivity index (χ3n) is 15.7. The standard InChI is InChI=1S/C51H70ClF4N9O7/c1-28(2)20-35-44(69)63(7)38(23-31-22-32(52)15-16-34(31)37-21-29(3)61-64(37)8)43(68)60-48(4,5)46(71)57-19-10-9-12-36(41(66)58-35)62(6)45(70)40(30-13-14-30)59-42(67)39-24-33(53)25-65(39)47(72)50(51(54,55)56)26-49(27-50)17-11-18-49/h15-16,21-22,28,30,33,35-36,38-40H,9-14,17-20,23-27H2,1-8H3,(H,57,71)(H,58,66)(H,59,67)(H,60,68)/t33-,35+,36+,38+,39+,40+/m1/s1. The molecular weight excluding hydrogens is 962 g/mol. The second-order valence-corrected chi connectivity index (χ2v) is 22.6. The van der Waals surface area contributed by atoms with Crippen molar-refractivity contribution in [1.29, 1.82) is 0 Å². The van der Waals surface area contributed by atoms with E-state index in [1.165, 1.54) is 23.9 Å². The molecule has 0 bridgehead atoms. The van der Waals surface area contributed by atoms with Gasteiger partial charge < -0.3 is 36.0 Å². The van der Waals surface area contributed by atoms with Crippen molar-refractivity contribution in [1.82, 2.24) is 45.7 Å². The SMILES string of the molecule is Cc1cc(-c2ccc(Cl)cc2C[C@H]2C(=O)NC(C)(C)C(=O)NCCCC[C@H](N(C)C(=O)[C@@H](NC(=O)[C@@H]3C[C@@H](F)CN3C(=O)C3(C(F)(F)F)CC4(CCC4)C3)C3CC3)C(=O)N[C@@H](CC(C)C)C(=O)N2C)n(C)n1. The van der Waals surface area contributed by atoms with Crippen molar-refractivity contribution >= 4 is 53.0 Å². The van der Waals surface area contributed by atoms with E-state index < -0.39 is 132 Å². The molecule has 3 heterocycles. The zero-order chi connectivity index (χ0) is 52.8. The highest BCUT2D eigenvalue weighted by Gasteiger charge is 2.74. The van der Waals surface area contributed by atoms with Crippen molar-refractivity contribution in [3.8, 4) is 11.3 Å². The average molecular weight is 1030 g/mol. The van der Waals surface area contributed by atoms with Crippen LogP contribution in [0.5, 0.6) is 0 Å². The van der Waals surface area contributed by atoms with Crippen molar-refractivity contribution < 1.29 is 51.1 Å². The molecule has 5 aliphatic rings. The first-order chi connectivity index (χ1) is 33.7. The van der Waals surface area contributed by atoms with Crippen LogP contribution in [0.15, 0.2) is 24.3 Å². The van der Waals surface area contributed by atoms with Crippen molar-refractivity contribution in [3.63, 3.8) is 0 Å². The van der Waals surface area contributed by atoms with Gasteiger partial charge in [-0.25, -0.2) is 4.39 Å². The van der Waals surface area contributed by atoms with Gasteiger partial charge >= 0.3 is 6.18 Å². The summed E-state index contributed by atoms with van der Waals surface area (Å²) in [4.78, 5) is 104. The lowest BCUT2D eigenvalue weighted by Crippen LogP contribution is -2.66. The summed E-state index contributed by atoms with van der Waals surface area (Å²) in [6.07, 6.45) is -4.36. The number of likely N-dealkylation sites (N-methyl/N-ethyl adjacent to an activating group) is 2. The first-order valence-electron chi connectivity index (χ1n) is 25.2. The van der Waals surface area contributed by atoms with Crippen molar-refractivity contribution in [2.24, 2.45) is 29.7 Å². The molecule has 5 fully saturated rings. The molecule has 2 saturated heterocycles. The number of benzene rings is 1. The molecule has 0 unspecified atom stereocenters. The van der Waals surface area contributed by atoms with Gasteiger partial charge in [0.2, 0.25) is 41.4 Å². The van der Waals surface area contributed by atoms with Crippen molar-refractivity contribution in [2.75, 3.05) is 27.2 Å². The fraction of sp³-hybridized carbons (Fsp3) is 0.686. The van der Waals surface area contributed by atoms with Gasteiger partial charge in [0, 0.05) is 51.1 Å². The number of nitrogens with zero attached hydrogens (tertiary/aromatic N) is 5. The highest BCUT2D eigenvalue weighted by molar-refractivity contribution is 6.30. The molecule has 7 rings (SSSR count).